The van der Waals surface area contributed by atoms with Crippen LogP contribution >= 0.6 is 0 Å². The van der Waals surface area contributed by atoms with Crippen molar-refractivity contribution in [3.8, 4) is 11.5 Å². The predicted octanol–water partition coefficient (Wildman–Crippen LogP) is 3.85. The Hall–Kier alpha value is -3.80. The van der Waals surface area contributed by atoms with E-state index in [0.717, 1.165) is 0 Å². The Morgan fingerprint density at radius 1 is 0.933 bits per heavy atom. The van der Waals surface area contributed by atoms with Crippen LogP contribution in [0.1, 0.15) is 20.7 Å². The maximum atomic E-state index is 13.1. The summed E-state index contributed by atoms with van der Waals surface area (Å²) in [6.07, 6.45) is -0.278. The first-order valence-electron chi connectivity index (χ1n) is 9.71. The summed E-state index contributed by atoms with van der Waals surface area (Å²) in [7, 11) is 1.71. The van der Waals surface area contributed by atoms with Crippen molar-refractivity contribution < 1.29 is 19.1 Å². The summed E-state index contributed by atoms with van der Waals surface area (Å²) in [5.41, 5.74) is 1.41. The van der Waals surface area contributed by atoms with Gasteiger partial charge in [-0.25, -0.2) is 0 Å². The molecule has 4 rings (SSSR count). The van der Waals surface area contributed by atoms with Crippen LogP contribution in [-0.2, 0) is 0 Å². The van der Waals surface area contributed by atoms with E-state index in [4.69, 9.17) is 9.47 Å². The van der Waals surface area contributed by atoms with Crippen LogP contribution in [-0.4, -0.2) is 43.0 Å². The van der Waals surface area contributed by atoms with Crippen molar-refractivity contribution in [1.29, 1.82) is 0 Å². The summed E-state index contributed by atoms with van der Waals surface area (Å²) in [6.45, 7) is 0.717. The van der Waals surface area contributed by atoms with Crippen molar-refractivity contribution >= 4 is 17.5 Å². The van der Waals surface area contributed by atoms with E-state index in [1.165, 1.54) is 0 Å². The lowest BCUT2D eigenvalue weighted by atomic mass is 10.1. The van der Waals surface area contributed by atoms with Crippen LogP contribution in [0.5, 0.6) is 11.5 Å². The molecule has 6 heteroatoms. The Balaban J connectivity index is 1.45. The Kier molecular flexibility index (Phi) is 5.66. The maximum Gasteiger partial charge on any atom is 0.255 e. The van der Waals surface area contributed by atoms with Gasteiger partial charge >= 0.3 is 0 Å². The summed E-state index contributed by atoms with van der Waals surface area (Å²) >= 11 is 0. The number of carbonyl (C=O) groups is 2. The molecular formula is C24H22N2O4. The molecule has 0 saturated heterocycles. The van der Waals surface area contributed by atoms with Gasteiger partial charge in [-0.15, -0.1) is 0 Å². The molecule has 0 aliphatic carbocycles. The van der Waals surface area contributed by atoms with Gasteiger partial charge in [-0.1, -0.05) is 42.5 Å². The predicted molar refractivity (Wildman–Crippen MR) is 114 cm³/mol. The SMILES string of the molecule is CN(CC1COc2ccccc2O1)C(=O)c1ccccc1NC(=O)c1ccccc1. The third-order valence-corrected chi connectivity index (χ3v) is 4.83. The second kappa shape index (κ2) is 8.69. The van der Waals surface area contributed by atoms with E-state index < -0.39 is 0 Å². The fourth-order valence-electron chi connectivity index (χ4n) is 3.31. The van der Waals surface area contributed by atoms with Gasteiger partial charge in [0.1, 0.15) is 6.61 Å². The van der Waals surface area contributed by atoms with Crippen molar-refractivity contribution in [3.05, 3.63) is 90.0 Å². The van der Waals surface area contributed by atoms with Crippen molar-refractivity contribution in [2.24, 2.45) is 0 Å². The normalized spacial score (nSPS) is 14.6. The number of ether oxygens (including phenoxy) is 2. The molecule has 0 aromatic heterocycles. The number of amides is 2. The van der Waals surface area contributed by atoms with Gasteiger partial charge in [0, 0.05) is 12.6 Å². The van der Waals surface area contributed by atoms with E-state index in [1.54, 1.807) is 60.5 Å². The molecule has 152 valence electrons. The number of para-hydroxylation sites is 3. The van der Waals surface area contributed by atoms with Crippen LogP contribution in [0.15, 0.2) is 78.9 Å². The van der Waals surface area contributed by atoms with Gasteiger partial charge in [-0.3, -0.25) is 9.59 Å². The lowest BCUT2D eigenvalue weighted by Gasteiger charge is -2.30. The minimum absolute atomic E-state index is 0.207. The molecule has 0 saturated carbocycles. The average Bonchev–Trinajstić information content (AvgIpc) is 2.79. The summed E-state index contributed by atoms with van der Waals surface area (Å²) in [5.74, 6) is 0.905. The standard InChI is InChI=1S/C24H22N2O4/c1-26(15-18-16-29-21-13-7-8-14-22(21)30-18)24(28)19-11-5-6-12-20(19)25-23(27)17-9-3-2-4-10-17/h2-14,18H,15-16H2,1H3,(H,25,27). The smallest absolute Gasteiger partial charge is 0.255 e. The number of nitrogens with zero attached hydrogens (tertiary/aromatic N) is 1. The summed E-state index contributed by atoms with van der Waals surface area (Å²) < 4.78 is 11.7. The number of hydrogen-bond acceptors (Lipinski definition) is 4. The molecule has 1 unspecified atom stereocenters. The van der Waals surface area contributed by atoms with Crippen LogP contribution < -0.4 is 14.8 Å². The lowest BCUT2D eigenvalue weighted by Crippen LogP contribution is -2.42. The number of nitrogens with one attached hydrogen (secondary N) is 1. The largest absolute Gasteiger partial charge is 0.486 e. The number of benzene rings is 3. The molecular weight excluding hydrogens is 380 g/mol. The highest BCUT2D eigenvalue weighted by Crippen LogP contribution is 2.31. The molecule has 0 fully saturated rings. The molecule has 6 nitrogen and oxygen atoms in total. The van der Waals surface area contributed by atoms with E-state index in [2.05, 4.69) is 5.32 Å². The van der Waals surface area contributed by atoms with Crippen molar-refractivity contribution in [1.82, 2.24) is 4.90 Å². The molecule has 1 heterocycles. The van der Waals surface area contributed by atoms with Crippen molar-refractivity contribution in [3.63, 3.8) is 0 Å². The number of rotatable bonds is 5. The first-order chi connectivity index (χ1) is 14.6. The number of likely N-dealkylation sites (N-methyl/N-ethyl adjacent to an activating group) is 1. The first kappa shape index (κ1) is 19.5. The van der Waals surface area contributed by atoms with E-state index in [1.807, 2.05) is 30.3 Å². The van der Waals surface area contributed by atoms with Gasteiger partial charge in [0.15, 0.2) is 17.6 Å². The molecule has 0 radical (unpaired) electrons. The molecule has 3 aromatic carbocycles. The first-order valence-corrected chi connectivity index (χ1v) is 9.71. The van der Waals surface area contributed by atoms with Crippen LogP contribution in [0.3, 0.4) is 0 Å². The monoisotopic (exact) mass is 402 g/mol. The van der Waals surface area contributed by atoms with Crippen LogP contribution in [0.25, 0.3) is 0 Å². The highest BCUT2D eigenvalue weighted by Gasteiger charge is 2.25. The van der Waals surface area contributed by atoms with Gasteiger partial charge in [0.2, 0.25) is 0 Å². The number of fused-ring (bicyclic) bond motifs is 1. The minimum Gasteiger partial charge on any atom is -0.486 e. The van der Waals surface area contributed by atoms with Crippen molar-refractivity contribution in [2.75, 3.05) is 25.5 Å². The van der Waals surface area contributed by atoms with E-state index in [-0.39, 0.29) is 17.9 Å². The average molecular weight is 402 g/mol. The van der Waals surface area contributed by atoms with Crippen LogP contribution in [0.2, 0.25) is 0 Å². The number of hydrogen-bond donors (Lipinski definition) is 1. The molecule has 2 amide bonds. The Labute approximate surface area is 175 Å². The van der Waals surface area contributed by atoms with E-state index >= 15 is 0 Å². The van der Waals surface area contributed by atoms with Crippen molar-refractivity contribution in [2.45, 2.75) is 6.10 Å². The third-order valence-electron chi connectivity index (χ3n) is 4.83. The summed E-state index contributed by atoms with van der Waals surface area (Å²) in [6, 6.07) is 23.3. The molecule has 3 aromatic rings. The molecule has 1 aliphatic rings. The number of carbonyl (C=O) groups excluding carboxylic acids is 2. The Bertz CT molecular complexity index is 1050. The van der Waals surface area contributed by atoms with Gasteiger partial charge in [0.25, 0.3) is 11.8 Å². The number of anilines is 1. The van der Waals surface area contributed by atoms with Gasteiger partial charge in [-0.05, 0) is 36.4 Å². The second-order valence-electron chi connectivity index (χ2n) is 7.05. The maximum absolute atomic E-state index is 13.1. The third kappa shape index (κ3) is 4.27. The Morgan fingerprint density at radius 2 is 1.60 bits per heavy atom. The Morgan fingerprint density at radius 3 is 2.40 bits per heavy atom. The second-order valence-corrected chi connectivity index (χ2v) is 7.05. The highest BCUT2D eigenvalue weighted by atomic mass is 16.6. The van der Waals surface area contributed by atoms with Crippen LogP contribution in [0, 0.1) is 0 Å². The molecule has 0 spiro atoms. The van der Waals surface area contributed by atoms with E-state index in [9.17, 15) is 9.59 Å². The summed E-state index contributed by atoms with van der Waals surface area (Å²) in [5, 5.41) is 2.84. The lowest BCUT2D eigenvalue weighted by molar-refractivity contribution is 0.0521. The topological polar surface area (TPSA) is 67.9 Å². The highest BCUT2D eigenvalue weighted by molar-refractivity contribution is 6.08. The molecule has 0 bridgehead atoms. The molecule has 30 heavy (non-hydrogen) atoms. The molecule has 1 atom stereocenters. The quantitative estimate of drug-likeness (QED) is 0.704. The minimum atomic E-state index is -0.278. The van der Waals surface area contributed by atoms with Gasteiger partial charge < -0.3 is 19.7 Å². The fourth-order valence-corrected chi connectivity index (χ4v) is 3.31. The zero-order valence-corrected chi connectivity index (χ0v) is 16.6. The zero-order valence-electron chi connectivity index (χ0n) is 16.6. The molecule has 1 N–H and O–H groups in total. The zero-order chi connectivity index (χ0) is 20.9. The van der Waals surface area contributed by atoms with Crippen LogP contribution in [0.4, 0.5) is 5.69 Å². The van der Waals surface area contributed by atoms with E-state index in [0.29, 0.717) is 41.5 Å². The van der Waals surface area contributed by atoms with Gasteiger partial charge in [-0.2, -0.15) is 0 Å². The van der Waals surface area contributed by atoms with Gasteiger partial charge in [0.05, 0.1) is 17.8 Å². The fraction of sp³-hybridized carbons (Fsp3) is 0.167. The molecule has 1 aliphatic heterocycles. The summed E-state index contributed by atoms with van der Waals surface area (Å²) in [4.78, 5) is 27.2.